The topological polar surface area (TPSA) is 73.1 Å². The van der Waals surface area contributed by atoms with Crippen LogP contribution >= 0.6 is 12.6 Å². The molecule has 1 amide bonds. The van der Waals surface area contributed by atoms with Gasteiger partial charge in [-0.3, -0.25) is 14.6 Å². The first-order chi connectivity index (χ1) is 6.15. The number of hydrogen-bond donors (Lipinski definition) is 2. The van der Waals surface area contributed by atoms with E-state index in [-0.39, 0.29) is 17.2 Å². The van der Waals surface area contributed by atoms with Gasteiger partial charge >= 0.3 is 0 Å². The first-order valence-corrected chi connectivity index (χ1v) is 4.18. The van der Waals surface area contributed by atoms with E-state index < -0.39 is 5.91 Å². The number of primary amides is 1. The third kappa shape index (κ3) is 2.29. The molecule has 0 aliphatic carbocycles. The highest BCUT2D eigenvalue weighted by Gasteiger charge is 2.05. The lowest BCUT2D eigenvalue weighted by molar-refractivity contribution is 0.0989. The summed E-state index contributed by atoms with van der Waals surface area (Å²) < 4.78 is 0. The highest BCUT2D eigenvalue weighted by atomic mass is 32.1. The molecule has 0 saturated heterocycles. The number of nitrogens with two attached hydrogens (primary N) is 1. The zero-order valence-electron chi connectivity index (χ0n) is 6.73. The fraction of sp³-hybridized carbons (Fsp3) is 0.125. The predicted molar refractivity (Wildman–Crippen MR) is 50.9 cm³/mol. The number of carbonyl (C=O) groups excluding carboxylic acids is 2. The molecule has 0 atom stereocenters. The van der Waals surface area contributed by atoms with Gasteiger partial charge in [0.05, 0.1) is 5.75 Å². The molecule has 0 radical (unpaired) electrons. The second-order valence-corrected chi connectivity index (χ2v) is 2.69. The number of carbonyl (C=O) groups is 2. The molecule has 0 aliphatic rings. The Morgan fingerprint density at radius 2 is 2.15 bits per heavy atom. The minimum Gasteiger partial charge on any atom is -0.364 e. The van der Waals surface area contributed by atoms with Crippen LogP contribution in [0.2, 0.25) is 0 Å². The van der Waals surface area contributed by atoms with E-state index in [0.29, 0.717) is 5.56 Å². The van der Waals surface area contributed by atoms with Crippen molar-refractivity contribution in [2.75, 3.05) is 5.75 Å². The lowest BCUT2D eigenvalue weighted by atomic mass is 10.2. The summed E-state index contributed by atoms with van der Waals surface area (Å²) in [6.45, 7) is 0. The van der Waals surface area contributed by atoms with Crippen LogP contribution in [0.15, 0.2) is 18.3 Å². The Morgan fingerprint density at radius 3 is 2.54 bits per heavy atom. The van der Waals surface area contributed by atoms with Crippen molar-refractivity contribution in [3.8, 4) is 0 Å². The monoisotopic (exact) mass is 196 g/mol. The number of ketones is 1. The maximum Gasteiger partial charge on any atom is 0.267 e. The molecular formula is C8H8N2O2S. The van der Waals surface area contributed by atoms with Crippen molar-refractivity contribution in [2.24, 2.45) is 5.73 Å². The number of thiol groups is 1. The van der Waals surface area contributed by atoms with Crippen LogP contribution in [0.1, 0.15) is 20.8 Å². The van der Waals surface area contributed by atoms with Gasteiger partial charge in [-0.15, -0.1) is 0 Å². The molecule has 0 aliphatic heterocycles. The summed E-state index contributed by atoms with van der Waals surface area (Å²) in [5.74, 6) is -0.617. The molecule has 1 aromatic rings. The Morgan fingerprint density at radius 1 is 1.46 bits per heavy atom. The number of amides is 1. The van der Waals surface area contributed by atoms with Gasteiger partial charge in [0.15, 0.2) is 5.78 Å². The molecule has 0 saturated carbocycles. The number of nitrogens with zero attached hydrogens (tertiary/aromatic N) is 1. The second kappa shape index (κ2) is 4.04. The molecule has 0 unspecified atom stereocenters. The van der Waals surface area contributed by atoms with Gasteiger partial charge < -0.3 is 5.73 Å². The third-order valence-electron chi connectivity index (χ3n) is 1.48. The van der Waals surface area contributed by atoms with Crippen molar-refractivity contribution in [1.29, 1.82) is 0 Å². The Kier molecular flexibility index (Phi) is 3.02. The number of rotatable bonds is 3. The van der Waals surface area contributed by atoms with Gasteiger partial charge in [-0.05, 0) is 12.1 Å². The second-order valence-electron chi connectivity index (χ2n) is 2.38. The molecule has 0 spiro atoms. The van der Waals surface area contributed by atoms with Gasteiger partial charge in [0.25, 0.3) is 5.91 Å². The van der Waals surface area contributed by atoms with Gasteiger partial charge in [-0.1, -0.05) is 0 Å². The van der Waals surface area contributed by atoms with Gasteiger partial charge in [0, 0.05) is 11.8 Å². The summed E-state index contributed by atoms with van der Waals surface area (Å²) in [6.07, 6.45) is 1.32. The van der Waals surface area contributed by atoms with Crippen LogP contribution in [0, 0.1) is 0 Å². The fourth-order valence-corrected chi connectivity index (χ4v) is 0.978. The zero-order valence-corrected chi connectivity index (χ0v) is 7.62. The molecule has 1 heterocycles. The SMILES string of the molecule is NC(=O)c1ccc(C(=O)CS)cn1. The van der Waals surface area contributed by atoms with Crippen LogP contribution in [0.4, 0.5) is 0 Å². The molecule has 1 aromatic heterocycles. The normalized spacial score (nSPS) is 9.62. The summed E-state index contributed by atoms with van der Waals surface area (Å²) >= 11 is 3.82. The van der Waals surface area contributed by atoms with Crippen molar-refractivity contribution < 1.29 is 9.59 Å². The van der Waals surface area contributed by atoms with Crippen molar-refractivity contribution in [1.82, 2.24) is 4.98 Å². The highest BCUT2D eigenvalue weighted by Crippen LogP contribution is 2.01. The smallest absolute Gasteiger partial charge is 0.267 e. The van der Waals surface area contributed by atoms with E-state index in [1.54, 1.807) is 0 Å². The standard InChI is InChI=1S/C8H8N2O2S/c9-8(12)6-2-1-5(3-10-6)7(11)4-13/h1-3,13H,4H2,(H2,9,12). The number of aromatic nitrogens is 1. The summed E-state index contributed by atoms with van der Waals surface area (Å²) in [5, 5.41) is 0. The first-order valence-electron chi connectivity index (χ1n) is 3.55. The summed E-state index contributed by atoms with van der Waals surface area (Å²) in [4.78, 5) is 25.4. The predicted octanol–water partition coefficient (Wildman–Crippen LogP) is 0.293. The third-order valence-corrected chi connectivity index (χ3v) is 1.77. The first kappa shape index (κ1) is 9.73. The molecule has 1 rings (SSSR count). The van der Waals surface area contributed by atoms with Gasteiger partial charge in [0.2, 0.25) is 0 Å². The number of hydrogen-bond acceptors (Lipinski definition) is 4. The average molecular weight is 196 g/mol. The summed E-state index contributed by atoms with van der Waals surface area (Å²) in [5.41, 5.74) is 5.55. The van der Waals surface area contributed by atoms with Crippen molar-refractivity contribution in [2.45, 2.75) is 0 Å². The van der Waals surface area contributed by atoms with E-state index in [1.165, 1.54) is 18.3 Å². The Bertz CT molecular complexity index is 335. The van der Waals surface area contributed by atoms with E-state index in [2.05, 4.69) is 17.6 Å². The Labute approximate surface area is 80.6 Å². The Hall–Kier alpha value is -1.36. The molecule has 0 fully saturated rings. The maximum atomic E-state index is 11.1. The van der Waals surface area contributed by atoms with E-state index in [4.69, 9.17) is 5.73 Å². The molecule has 0 aromatic carbocycles. The van der Waals surface area contributed by atoms with Gasteiger partial charge in [-0.2, -0.15) is 12.6 Å². The van der Waals surface area contributed by atoms with E-state index in [9.17, 15) is 9.59 Å². The molecular weight excluding hydrogens is 188 g/mol. The van der Waals surface area contributed by atoms with Crippen molar-refractivity contribution in [3.05, 3.63) is 29.6 Å². The lowest BCUT2D eigenvalue weighted by Crippen LogP contribution is -2.13. The Balaban J connectivity index is 2.93. The minimum absolute atomic E-state index is 0.123. The van der Waals surface area contributed by atoms with E-state index >= 15 is 0 Å². The zero-order chi connectivity index (χ0) is 9.84. The number of pyridine rings is 1. The molecule has 13 heavy (non-hydrogen) atoms. The fourth-order valence-electron chi connectivity index (χ4n) is 0.796. The van der Waals surface area contributed by atoms with Crippen LogP contribution in [-0.2, 0) is 0 Å². The lowest BCUT2D eigenvalue weighted by Gasteiger charge is -1.97. The minimum atomic E-state index is -0.607. The van der Waals surface area contributed by atoms with Gasteiger partial charge in [0.1, 0.15) is 5.69 Å². The molecule has 68 valence electrons. The van der Waals surface area contributed by atoms with Gasteiger partial charge in [-0.25, -0.2) is 0 Å². The maximum absolute atomic E-state index is 11.1. The summed E-state index contributed by atoms with van der Waals surface area (Å²) in [6, 6.07) is 2.92. The van der Waals surface area contributed by atoms with Crippen LogP contribution < -0.4 is 5.73 Å². The molecule has 2 N–H and O–H groups in total. The highest BCUT2D eigenvalue weighted by molar-refractivity contribution is 7.81. The largest absolute Gasteiger partial charge is 0.364 e. The summed E-state index contributed by atoms with van der Waals surface area (Å²) in [7, 11) is 0. The van der Waals surface area contributed by atoms with Crippen molar-refractivity contribution in [3.63, 3.8) is 0 Å². The van der Waals surface area contributed by atoms with Crippen LogP contribution in [0.3, 0.4) is 0 Å². The number of Topliss-reactive ketones (excluding diaryl/α,β-unsaturated/α-hetero) is 1. The van der Waals surface area contributed by atoms with Crippen LogP contribution in [0.5, 0.6) is 0 Å². The molecule has 0 bridgehead atoms. The molecule has 5 heteroatoms. The van der Waals surface area contributed by atoms with Crippen LogP contribution in [-0.4, -0.2) is 22.4 Å². The molecule has 4 nitrogen and oxygen atoms in total. The van der Waals surface area contributed by atoms with Crippen LogP contribution in [0.25, 0.3) is 0 Å². The van der Waals surface area contributed by atoms with Crippen molar-refractivity contribution >= 4 is 24.3 Å². The average Bonchev–Trinajstić information content (AvgIpc) is 2.17. The quantitative estimate of drug-likeness (QED) is 0.539. The van der Waals surface area contributed by atoms with E-state index in [0.717, 1.165) is 0 Å². The van der Waals surface area contributed by atoms with E-state index in [1.807, 2.05) is 0 Å².